The summed E-state index contributed by atoms with van der Waals surface area (Å²) in [6.07, 6.45) is 5.76. The Bertz CT molecular complexity index is 257. The molecule has 18 heavy (non-hydrogen) atoms. The zero-order valence-electron chi connectivity index (χ0n) is 12.0. The maximum absolute atomic E-state index is 11.2. The Morgan fingerprint density at radius 2 is 2.06 bits per heavy atom. The predicted molar refractivity (Wildman–Crippen MR) is 73.3 cm³/mol. The van der Waals surface area contributed by atoms with Crippen LogP contribution in [-0.4, -0.2) is 31.2 Å². The van der Waals surface area contributed by atoms with Gasteiger partial charge in [0.15, 0.2) is 0 Å². The second-order valence-corrected chi connectivity index (χ2v) is 6.04. The first kappa shape index (κ1) is 15.4. The number of nitrogens with two attached hydrogens (primary N) is 1. The van der Waals surface area contributed by atoms with E-state index in [4.69, 9.17) is 10.5 Å². The summed E-state index contributed by atoms with van der Waals surface area (Å²) >= 11 is 0. The number of hydrogen-bond acceptors (Lipinski definition) is 3. The topological polar surface area (TPSA) is 64.3 Å². The van der Waals surface area contributed by atoms with Crippen LogP contribution in [0.1, 0.15) is 52.9 Å². The Hall–Kier alpha value is -0.610. The number of amides is 1. The number of primary amides is 1. The van der Waals surface area contributed by atoms with Crippen LogP contribution in [0.15, 0.2) is 0 Å². The van der Waals surface area contributed by atoms with Crippen molar-refractivity contribution in [2.45, 2.75) is 65.0 Å². The van der Waals surface area contributed by atoms with Crippen LogP contribution >= 0.6 is 0 Å². The maximum atomic E-state index is 11.2. The number of hydrogen-bond donors (Lipinski definition) is 2. The lowest BCUT2D eigenvalue weighted by Gasteiger charge is -2.34. The van der Waals surface area contributed by atoms with Crippen LogP contribution in [0, 0.1) is 5.41 Å². The minimum atomic E-state index is -0.287. The molecule has 0 aromatic carbocycles. The molecule has 0 bridgehead atoms. The van der Waals surface area contributed by atoms with E-state index in [0.29, 0.717) is 24.5 Å². The Morgan fingerprint density at radius 3 is 2.56 bits per heavy atom. The van der Waals surface area contributed by atoms with Crippen molar-refractivity contribution in [3.05, 3.63) is 0 Å². The molecule has 1 atom stereocenters. The van der Waals surface area contributed by atoms with E-state index in [0.717, 1.165) is 19.4 Å². The van der Waals surface area contributed by atoms with Gasteiger partial charge in [-0.25, -0.2) is 0 Å². The standard InChI is InChI=1S/C14H28N2O2/c1-4-16-12(13(15)17)7-10-18-11-5-8-14(2,3)9-6-11/h11-12,16H,4-10H2,1-3H3,(H2,15,17). The van der Waals surface area contributed by atoms with E-state index >= 15 is 0 Å². The Labute approximate surface area is 111 Å². The molecule has 106 valence electrons. The minimum absolute atomic E-state index is 0.255. The molecular weight excluding hydrogens is 228 g/mol. The first-order chi connectivity index (χ1) is 8.44. The molecule has 0 radical (unpaired) electrons. The highest BCUT2D eigenvalue weighted by Crippen LogP contribution is 2.36. The highest BCUT2D eigenvalue weighted by Gasteiger charge is 2.27. The third-order valence-corrected chi connectivity index (χ3v) is 3.84. The number of ether oxygens (including phenoxy) is 1. The van der Waals surface area contributed by atoms with Gasteiger partial charge in [-0.1, -0.05) is 20.8 Å². The molecule has 4 nitrogen and oxygen atoms in total. The zero-order chi connectivity index (χ0) is 13.6. The van der Waals surface area contributed by atoms with Crippen LogP contribution in [-0.2, 0) is 9.53 Å². The summed E-state index contributed by atoms with van der Waals surface area (Å²) in [5.74, 6) is -0.287. The fourth-order valence-corrected chi connectivity index (χ4v) is 2.48. The van der Waals surface area contributed by atoms with Crippen LogP contribution in [0.5, 0.6) is 0 Å². The molecule has 1 aliphatic carbocycles. The van der Waals surface area contributed by atoms with Crippen molar-refractivity contribution in [3.63, 3.8) is 0 Å². The maximum Gasteiger partial charge on any atom is 0.234 e. The fraction of sp³-hybridized carbons (Fsp3) is 0.929. The summed E-state index contributed by atoms with van der Waals surface area (Å²) in [6.45, 7) is 7.98. The molecule has 1 unspecified atom stereocenters. The average molecular weight is 256 g/mol. The molecule has 0 saturated heterocycles. The highest BCUT2D eigenvalue weighted by atomic mass is 16.5. The van der Waals surface area contributed by atoms with Gasteiger partial charge < -0.3 is 15.8 Å². The SMILES string of the molecule is CCNC(CCOC1CCC(C)(C)CC1)C(N)=O. The van der Waals surface area contributed by atoms with Crippen LogP contribution in [0.4, 0.5) is 0 Å². The highest BCUT2D eigenvalue weighted by molar-refractivity contribution is 5.79. The molecule has 3 N–H and O–H groups in total. The lowest BCUT2D eigenvalue weighted by atomic mass is 9.76. The molecule has 1 rings (SSSR count). The molecule has 0 spiro atoms. The molecule has 1 amide bonds. The molecule has 0 heterocycles. The molecule has 0 aromatic heterocycles. The molecule has 1 fully saturated rings. The van der Waals surface area contributed by atoms with E-state index in [1.165, 1.54) is 12.8 Å². The van der Waals surface area contributed by atoms with E-state index in [9.17, 15) is 4.79 Å². The summed E-state index contributed by atoms with van der Waals surface area (Å²) in [5, 5.41) is 3.08. The third kappa shape index (κ3) is 5.36. The zero-order valence-corrected chi connectivity index (χ0v) is 12.0. The van der Waals surface area contributed by atoms with E-state index < -0.39 is 0 Å². The van der Waals surface area contributed by atoms with Gasteiger partial charge in [0.05, 0.1) is 12.1 Å². The second-order valence-electron chi connectivity index (χ2n) is 6.04. The van der Waals surface area contributed by atoms with Crippen LogP contribution < -0.4 is 11.1 Å². The first-order valence-electron chi connectivity index (χ1n) is 7.09. The number of nitrogens with one attached hydrogen (secondary N) is 1. The second kappa shape index (κ2) is 7.10. The molecule has 1 saturated carbocycles. The van der Waals surface area contributed by atoms with Gasteiger partial charge in [0.2, 0.25) is 5.91 Å². The summed E-state index contributed by atoms with van der Waals surface area (Å²) in [4.78, 5) is 11.2. The summed E-state index contributed by atoms with van der Waals surface area (Å²) in [7, 11) is 0. The van der Waals surface area contributed by atoms with Crippen molar-refractivity contribution < 1.29 is 9.53 Å². The molecule has 4 heteroatoms. The number of likely N-dealkylation sites (N-methyl/N-ethyl adjacent to an activating group) is 1. The number of carbonyl (C=O) groups is 1. The number of carbonyl (C=O) groups excluding carboxylic acids is 1. The van der Waals surface area contributed by atoms with Crippen molar-refractivity contribution in [1.82, 2.24) is 5.32 Å². The average Bonchev–Trinajstić information content (AvgIpc) is 2.30. The van der Waals surface area contributed by atoms with Crippen molar-refractivity contribution in [2.75, 3.05) is 13.2 Å². The quantitative estimate of drug-likeness (QED) is 0.730. The minimum Gasteiger partial charge on any atom is -0.378 e. The molecule has 0 aromatic rings. The van der Waals surface area contributed by atoms with Gasteiger partial charge >= 0.3 is 0 Å². The van der Waals surface area contributed by atoms with Gasteiger partial charge in [-0.2, -0.15) is 0 Å². The van der Waals surface area contributed by atoms with E-state index in [2.05, 4.69) is 19.2 Å². The van der Waals surface area contributed by atoms with Crippen LogP contribution in [0.25, 0.3) is 0 Å². The van der Waals surface area contributed by atoms with Crippen molar-refractivity contribution >= 4 is 5.91 Å². The van der Waals surface area contributed by atoms with E-state index in [1.807, 2.05) is 6.92 Å². The van der Waals surface area contributed by atoms with Gasteiger partial charge in [0.1, 0.15) is 0 Å². The third-order valence-electron chi connectivity index (χ3n) is 3.84. The fourth-order valence-electron chi connectivity index (χ4n) is 2.48. The monoisotopic (exact) mass is 256 g/mol. The number of rotatable bonds is 7. The van der Waals surface area contributed by atoms with Crippen LogP contribution in [0.2, 0.25) is 0 Å². The molecular formula is C14H28N2O2. The van der Waals surface area contributed by atoms with Gasteiger partial charge in [0, 0.05) is 6.61 Å². The summed E-state index contributed by atoms with van der Waals surface area (Å²) in [5.41, 5.74) is 5.79. The molecule has 0 aliphatic heterocycles. The smallest absolute Gasteiger partial charge is 0.234 e. The summed E-state index contributed by atoms with van der Waals surface area (Å²) < 4.78 is 5.86. The van der Waals surface area contributed by atoms with Crippen molar-refractivity contribution in [3.8, 4) is 0 Å². The first-order valence-corrected chi connectivity index (χ1v) is 7.09. The molecule has 1 aliphatic rings. The van der Waals surface area contributed by atoms with Gasteiger partial charge in [-0.05, 0) is 44.1 Å². The summed E-state index contributed by atoms with van der Waals surface area (Å²) in [6, 6.07) is -0.255. The Balaban J connectivity index is 2.19. The lowest BCUT2D eigenvalue weighted by Crippen LogP contribution is -2.42. The van der Waals surface area contributed by atoms with Crippen molar-refractivity contribution in [1.29, 1.82) is 0 Å². The Kier molecular flexibility index (Phi) is 6.09. The normalized spacial score (nSPS) is 21.7. The largest absolute Gasteiger partial charge is 0.378 e. The van der Waals surface area contributed by atoms with Crippen LogP contribution in [0.3, 0.4) is 0 Å². The predicted octanol–water partition coefficient (Wildman–Crippen LogP) is 1.83. The van der Waals surface area contributed by atoms with Gasteiger partial charge in [0.25, 0.3) is 0 Å². The lowest BCUT2D eigenvalue weighted by molar-refractivity contribution is -0.120. The van der Waals surface area contributed by atoms with E-state index in [1.54, 1.807) is 0 Å². The van der Waals surface area contributed by atoms with Gasteiger partial charge in [-0.15, -0.1) is 0 Å². The van der Waals surface area contributed by atoms with E-state index in [-0.39, 0.29) is 11.9 Å². The Morgan fingerprint density at radius 1 is 1.44 bits per heavy atom. The van der Waals surface area contributed by atoms with Crippen molar-refractivity contribution in [2.24, 2.45) is 11.1 Å². The van der Waals surface area contributed by atoms with Gasteiger partial charge in [-0.3, -0.25) is 4.79 Å².